The SMILES string of the molecule is CCCCCCCCCCCC(C1CC(C)CCC1C(C)C)C1CC(C)CCC1C(C)C. The van der Waals surface area contributed by atoms with Crippen LogP contribution in [0.25, 0.3) is 0 Å². The van der Waals surface area contributed by atoms with E-state index >= 15 is 0 Å². The first-order chi connectivity index (χ1) is 15.3. The topological polar surface area (TPSA) is 0 Å². The summed E-state index contributed by atoms with van der Waals surface area (Å²) in [6, 6.07) is 0. The van der Waals surface area contributed by atoms with Crippen molar-refractivity contribution >= 4 is 0 Å². The van der Waals surface area contributed by atoms with Gasteiger partial charge in [0.25, 0.3) is 0 Å². The molecule has 0 aromatic heterocycles. The Balaban J connectivity index is 2.02. The van der Waals surface area contributed by atoms with Crippen LogP contribution < -0.4 is 0 Å². The molecule has 32 heavy (non-hydrogen) atoms. The molecule has 0 aromatic carbocycles. The summed E-state index contributed by atoms with van der Waals surface area (Å²) in [6.07, 6.45) is 23.8. The summed E-state index contributed by atoms with van der Waals surface area (Å²) in [4.78, 5) is 0. The fourth-order valence-electron chi connectivity index (χ4n) is 7.97. The Kier molecular flexibility index (Phi) is 13.3. The van der Waals surface area contributed by atoms with E-state index in [0.29, 0.717) is 0 Å². The first kappa shape index (κ1) is 28.2. The van der Waals surface area contributed by atoms with Crippen molar-refractivity contribution in [2.24, 2.45) is 53.3 Å². The predicted molar refractivity (Wildman–Crippen MR) is 145 cm³/mol. The van der Waals surface area contributed by atoms with Gasteiger partial charge in [0.2, 0.25) is 0 Å². The van der Waals surface area contributed by atoms with Crippen LogP contribution in [0.2, 0.25) is 0 Å². The van der Waals surface area contributed by atoms with Crippen LogP contribution in [0.5, 0.6) is 0 Å². The third-order valence-electron chi connectivity index (χ3n) is 9.89. The van der Waals surface area contributed by atoms with Crippen LogP contribution in [0, 0.1) is 53.3 Å². The lowest BCUT2D eigenvalue weighted by atomic mass is 9.56. The summed E-state index contributed by atoms with van der Waals surface area (Å²) in [5, 5.41) is 0. The zero-order valence-corrected chi connectivity index (χ0v) is 23.5. The Morgan fingerprint density at radius 1 is 0.531 bits per heavy atom. The highest BCUT2D eigenvalue weighted by Crippen LogP contribution is 2.51. The van der Waals surface area contributed by atoms with Gasteiger partial charge in [-0.3, -0.25) is 0 Å². The molecule has 0 N–H and O–H groups in total. The van der Waals surface area contributed by atoms with Crippen LogP contribution in [0.4, 0.5) is 0 Å². The summed E-state index contributed by atoms with van der Waals surface area (Å²) < 4.78 is 0. The molecule has 2 aliphatic rings. The number of unbranched alkanes of at least 4 members (excludes halogenated alkanes) is 8. The Morgan fingerprint density at radius 3 is 1.34 bits per heavy atom. The maximum Gasteiger partial charge on any atom is -0.0350 e. The Morgan fingerprint density at radius 2 is 0.938 bits per heavy atom. The van der Waals surface area contributed by atoms with E-state index in [0.717, 1.165) is 53.3 Å². The molecule has 0 saturated heterocycles. The molecule has 2 rings (SSSR count). The van der Waals surface area contributed by atoms with Gasteiger partial charge < -0.3 is 0 Å². The van der Waals surface area contributed by atoms with Crippen LogP contribution in [0.1, 0.15) is 151 Å². The summed E-state index contributed by atoms with van der Waals surface area (Å²) in [5.74, 6) is 8.64. The minimum Gasteiger partial charge on any atom is -0.0654 e. The lowest BCUT2D eigenvalue weighted by Gasteiger charge is -2.49. The van der Waals surface area contributed by atoms with Gasteiger partial charge in [0.15, 0.2) is 0 Å². The van der Waals surface area contributed by atoms with E-state index in [1.54, 1.807) is 0 Å². The van der Waals surface area contributed by atoms with Crippen LogP contribution in [0.3, 0.4) is 0 Å². The van der Waals surface area contributed by atoms with Gasteiger partial charge in [-0.05, 0) is 85.4 Å². The van der Waals surface area contributed by atoms with Gasteiger partial charge in [-0.15, -0.1) is 0 Å². The fraction of sp³-hybridized carbons (Fsp3) is 1.00. The monoisotopic (exact) mass is 446 g/mol. The Hall–Kier alpha value is 0. The third kappa shape index (κ3) is 8.98. The van der Waals surface area contributed by atoms with E-state index < -0.39 is 0 Å². The molecule has 190 valence electrons. The minimum atomic E-state index is 0.872. The number of rotatable bonds is 14. The van der Waals surface area contributed by atoms with Gasteiger partial charge in [-0.1, -0.05) is 119 Å². The molecule has 6 atom stereocenters. The standard InChI is InChI=1S/C32H62/c1-8-9-10-11-12-13-14-15-16-17-30(31-22-26(6)18-20-28(31)24(2)3)32-23-27(7)19-21-29(32)25(4)5/h24-32H,8-23H2,1-7H3. The van der Waals surface area contributed by atoms with Gasteiger partial charge in [0, 0.05) is 0 Å². The predicted octanol–water partition coefficient (Wildman–Crippen LogP) is 10.9. The van der Waals surface area contributed by atoms with E-state index in [1.165, 1.54) is 103 Å². The van der Waals surface area contributed by atoms with Gasteiger partial charge in [-0.25, -0.2) is 0 Å². The second-order valence-corrected chi connectivity index (χ2v) is 13.3. The molecular formula is C32H62. The van der Waals surface area contributed by atoms with Crippen LogP contribution in [-0.2, 0) is 0 Å². The molecule has 0 aliphatic heterocycles. The van der Waals surface area contributed by atoms with Gasteiger partial charge in [0.1, 0.15) is 0 Å². The van der Waals surface area contributed by atoms with Crippen molar-refractivity contribution in [1.82, 2.24) is 0 Å². The van der Waals surface area contributed by atoms with Crippen LogP contribution in [0.15, 0.2) is 0 Å². The molecule has 0 heteroatoms. The minimum absolute atomic E-state index is 0.872. The Bertz CT molecular complexity index is 431. The summed E-state index contributed by atoms with van der Waals surface area (Å²) in [5.41, 5.74) is 0. The van der Waals surface area contributed by atoms with Crippen molar-refractivity contribution < 1.29 is 0 Å². The highest BCUT2D eigenvalue weighted by Gasteiger charge is 2.43. The average molecular weight is 447 g/mol. The highest BCUT2D eigenvalue weighted by molar-refractivity contribution is 4.92. The molecule has 2 saturated carbocycles. The van der Waals surface area contributed by atoms with Crippen LogP contribution in [-0.4, -0.2) is 0 Å². The normalized spacial score (nSPS) is 32.5. The third-order valence-corrected chi connectivity index (χ3v) is 9.89. The lowest BCUT2D eigenvalue weighted by Crippen LogP contribution is -2.41. The fourth-order valence-corrected chi connectivity index (χ4v) is 7.97. The van der Waals surface area contributed by atoms with Crippen molar-refractivity contribution in [2.45, 2.75) is 151 Å². The molecular weight excluding hydrogens is 384 g/mol. The van der Waals surface area contributed by atoms with Crippen molar-refractivity contribution in [3.8, 4) is 0 Å². The summed E-state index contributed by atoms with van der Waals surface area (Å²) >= 11 is 0. The highest BCUT2D eigenvalue weighted by atomic mass is 14.5. The summed E-state index contributed by atoms with van der Waals surface area (Å²) in [7, 11) is 0. The van der Waals surface area contributed by atoms with Crippen molar-refractivity contribution in [1.29, 1.82) is 0 Å². The molecule has 2 fully saturated rings. The molecule has 6 unspecified atom stereocenters. The largest absolute Gasteiger partial charge is 0.0654 e. The van der Waals surface area contributed by atoms with Crippen molar-refractivity contribution in [3.05, 3.63) is 0 Å². The summed E-state index contributed by atoms with van der Waals surface area (Å²) in [6.45, 7) is 17.6. The van der Waals surface area contributed by atoms with Crippen molar-refractivity contribution in [3.63, 3.8) is 0 Å². The number of hydrogen-bond acceptors (Lipinski definition) is 0. The van der Waals surface area contributed by atoms with E-state index in [1.807, 2.05) is 0 Å². The first-order valence-electron chi connectivity index (χ1n) is 15.3. The first-order valence-corrected chi connectivity index (χ1v) is 15.3. The van der Waals surface area contributed by atoms with Gasteiger partial charge >= 0.3 is 0 Å². The van der Waals surface area contributed by atoms with E-state index in [2.05, 4.69) is 48.5 Å². The van der Waals surface area contributed by atoms with Gasteiger partial charge in [-0.2, -0.15) is 0 Å². The van der Waals surface area contributed by atoms with E-state index in [-0.39, 0.29) is 0 Å². The molecule has 0 nitrogen and oxygen atoms in total. The lowest BCUT2D eigenvalue weighted by molar-refractivity contribution is 0.000915. The second kappa shape index (κ2) is 15.1. The maximum absolute atomic E-state index is 2.56. The molecule has 0 heterocycles. The molecule has 0 amide bonds. The second-order valence-electron chi connectivity index (χ2n) is 13.3. The van der Waals surface area contributed by atoms with Crippen molar-refractivity contribution in [2.75, 3.05) is 0 Å². The molecule has 0 spiro atoms. The molecule has 0 bridgehead atoms. The molecule has 0 radical (unpaired) electrons. The Labute approximate surface area is 204 Å². The zero-order valence-electron chi connectivity index (χ0n) is 23.5. The van der Waals surface area contributed by atoms with Crippen LogP contribution >= 0.6 is 0 Å². The average Bonchev–Trinajstić information content (AvgIpc) is 2.74. The zero-order chi connectivity index (χ0) is 23.5. The quantitative estimate of drug-likeness (QED) is 0.233. The smallest absolute Gasteiger partial charge is 0.0350 e. The van der Waals surface area contributed by atoms with E-state index in [4.69, 9.17) is 0 Å². The molecule has 2 aliphatic carbocycles. The van der Waals surface area contributed by atoms with Gasteiger partial charge in [0.05, 0.1) is 0 Å². The maximum atomic E-state index is 2.56. The van der Waals surface area contributed by atoms with E-state index in [9.17, 15) is 0 Å². The number of hydrogen-bond donors (Lipinski definition) is 0. The molecule has 0 aromatic rings.